The van der Waals surface area contributed by atoms with E-state index in [-0.39, 0.29) is 34.0 Å². The van der Waals surface area contributed by atoms with Crippen LogP contribution in [0.3, 0.4) is 0 Å². The Balaban J connectivity index is 1.42. The fourth-order valence-electron chi connectivity index (χ4n) is 3.63. The van der Waals surface area contributed by atoms with E-state index < -0.39 is 11.7 Å². The third-order valence-corrected chi connectivity index (χ3v) is 5.24. The first-order valence-electron chi connectivity index (χ1n) is 10.5. The second-order valence-corrected chi connectivity index (χ2v) is 7.59. The number of Topliss-reactive ketones (excluding diaryl/α,β-unsaturated/α-hetero) is 2. The zero-order chi connectivity index (χ0) is 23.7. The molecule has 8 nitrogen and oxygen atoms in total. The molecule has 0 spiro atoms. The number of rotatable bonds is 4. The van der Waals surface area contributed by atoms with Crippen molar-refractivity contribution in [3.63, 3.8) is 0 Å². The van der Waals surface area contributed by atoms with Gasteiger partial charge in [-0.3, -0.25) is 24.7 Å². The van der Waals surface area contributed by atoms with E-state index in [4.69, 9.17) is 0 Å². The lowest BCUT2D eigenvalue weighted by Crippen LogP contribution is -2.16. The lowest BCUT2D eigenvalue weighted by Gasteiger charge is -2.07. The molecular formula is C26H17N5O3. The number of nitrogens with zero attached hydrogens (tertiary/aromatic N) is 4. The van der Waals surface area contributed by atoms with Gasteiger partial charge in [-0.2, -0.15) is 9.97 Å². The largest absolute Gasteiger partial charge is 0.290 e. The first kappa shape index (κ1) is 21.0. The molecule has 0 unspecified atom stereocenters. The van der Waals surface area contributed by atoms with Crippen LogP contribution in [0.2, 0.25) is 0 Å². The number of fused-ring (bicyclic) bond motifs is 1. The molecule has 2 aromatic carbocycles. The van der Waals surface area contributed by atoms with Gasteiger partial charge in [-0.25, -0.2) is 4.98 Å². The maximum Gasteiger partial charge on any atom is 0.258 e. The summed E-state index contributed by atoms with van der Waals surface area (Å²) in [5, 5.41) is 2.64. The van der Waals surface area contributed by atoms with Gasteiger partial charge in [-0.05, 0) is 48.9 Å². The summed E-state index contributed by atoms with van der Waals surface area (Å²) in [7, 11) is 0. The highest BCUT2D eigenvalue weighted by molar-refractivity contribution is 6.41. The van der Waals surface area contributed by atoms with Gasteiger partial charge < -0.3 is 0 Å². The summed E-state index contributed by atoms with van der Waals surface area (Å²) in [5.41, 5.74) is 2.05. The maximum atomic E-state index is 12.9. The van der Waals surface area contributed by atoms with Crippen molar-refractivity contribution in [1.29, 1.82) is 0 Å². The van der Waals surface area contributed by atoms with Gasteiger partial charge in [0.15, 0.2) is 17.4 Å². The summed E-state index contributed by atoms with van der Waals surface area (Å²) < 4.78 is 0. The van der Waals surface area contributed by atoms with Crippen molar-refractivity contribution >= 4 is 29.5 Å². The number of amides is 1. The molecule has 8 heteroatoms. The molecule has 0 radical (unpaired) electrons. The predicted octanol–water partition coefficient (Wildman–Crippen LogP) is 3.96. The number of allylic oxidation sites excluding steroid dienone is 1. The molecule has 0 bridgehead atoms. The van der Waals surface area contributed by atoms with Gasteiger partial charge in [0.2, 0.25) is 5.95 Å². The topological polar surface area (TPSA) is 115 Å². The van der Waals surface area contributed by atoms with Crippen LogP contribution in [0, 0.1) is 6.92 Å². The van der Waals surface area contributed by atoms with Crippen molar-refractivity contribution in [2.24, 2.45) is 0 Å². The van der Waals surface area contributed by atoms with E-state index in [1.54, 1.807) is 31.3 Å². The normalized spacial score (nSPS) is 13.7. The van der Waals surface area contributed by atoms with Crippen molar-refractivity contribution in [3.05, 3.63) is 107 Å². The number of ketones is 2. The van der Waals surface area contributed by atoms with Gasteiger partial charge in [0, 0.05) is 22.9 Å². The lowest BCUT2D eigenvalue weighted by atomic mass is 10.1. The quantitative estimate of drug-likeness (QED) is 0.372. The van der Waals surface area contributed by atoms with Crippen molar-refractivity contribution in [1.82, 2.24) is 19.9 Å². The van der Waals surface area contributed by atoms with Crippen LogP contribution in [0.5, 0.6) is 0 Å². The molecule has 0 atom stereocenters. The number of anilines is 1. The minimum atomic E-state index is -0.513. The number of hydrogen-bond donors (Lipinski definition) is 1. The van der Waals surface area contributed by atoms with Gasteiger partial charge in [0.05, 0.1) is 5.57 Å². The number of pyridine rings is 1. The lowest BCUT2D eigenvalue weighted by molar-refractivity contribution is 0.0988. The summed E-state index contributed by atoms with van der Waals surface area (Å²) in [6, 6.07) is 18.9. The first-order valence-corrected chi connectivity index (χ1v) is 10.5. The van der Waals surface area contributed by atoms with E-state index in [1.165, 1.54) is 18.2 Å². The minimum Gasteiger partial charge on any atom is -0.290 e. The number of benzene rings is 2. The molecule has 2 heterocycles. The summed E-state index contributed by atoms with van der Waals surface area (Å²) >= 11 is 0. The van der Waals surface area contributed by atoms with Gasteiger partial charge >= 0.3 is 0 Å². The van der Waals surface area contributed by atoms with Crippen molar-refractivity contribution < 1.29 is 14.4 Å². The zero-order valence-electron chi connectivity index (χ0n) is 18.0. The SMILES string of the molecule is Cc1nc(NC(=O)c2ccc3c(c2)C(=O)/C(=C\c2ccccc2)C3=O)nc(-c2ccccn2)n1. The molecule has 34 heavy (non-hydrogen) atoms. The maximum absolute atomic E-state index is 12.9. The highest BCUT2D eigenvalue weighted by Crippen LogP contribution is 2.29. The smallest absolute Gasteiger partial charge is 0.258 e. The summed E-state index contributed by atoms with van der Waals surface area (Å²) in [6.45, 7) is 1.68. The Hall–Kier alpha value is -4.85. The van der Waals surface area contributed by atoms with E-state index in [0.717, 1.165) is 5.56 Å². The molecule has 0 aliphatic heterocycles. The van der Waals surface area contributed by atoms with Crippen molar-refractivity contribution in [2.75, 3.05) is 5.32 Å². The van der Waals surface area contributed by atoms with Crippen LogP contribution in [-0.2, 0) is 0 Å². The Labute approximate surface area is 194 Å². The molecule has 1 amide bonds. The molecule has 1 aliphatic carbocycles. The summed E-state index contributed by atoms with van der Waals surface area (Å²) in [5.74, 6) is -0.479. The fourth-order valence-corrected chi connectivity index (χ4v) is 3.63. The molecule has 0 saturated heterocycles. The third kappa shape index (κ3) is 4.00. The van der Waals surface area contributed by atoms with Gasteiger partial charge in [-0.1, -0.05) is 36.4 Å². The zero-order valence-corrected chi connectivity index (χ0v) is 18.0. The Morgan fingerprint density at radius 3 is 2.38 bits per heavy atom. The van der Waals surface area contributed by atoms with Crippen LogP contribution < -0.4 is 5.32 Å². The second-order valence-electron chi connectivity index (χ2n) is 7.59. The molecular weight excluding hydrogens is 430 g/mol. The monoisotopic (exact) mass is 447 g/mol. The van der Waals surface area contributed by atoms with Crippen LogP contribution in [-0.4, -0.2) is 37.4 Å². The standard InChI is InChI=1S/C26H17N5O3/c1-15-28-24(21-9-5-6-12-27-21)30-26(29-15)31-25(34)17-10-11-18-19(14-17)23(33)20(22(18)32)13-16-7-3-2-4-8-16/h2-14H,1H3,(H,28,29,30,31,34)/b20-13-. The minimum absolute atomic E-state index is 0.0608. The Bertz CT molecular complexity index is 1480. The molecule has 0 saturated carbocycles. The van der Waals surface area contributed by atoms with Gasteiger partial charge in [0.25, 0.3) is 5.91 Å². The van der Waals surface area contributed by atoms with Crippen LogP contribution >= 0.6 is 0 Å². The van der Waals surface area contributed by atoms with E-state index in [0.29, 0.717) is 17.3 Å². The fraction of sp³-hybridized carbons (Fsp3) is 0.0385. The molecule has 0 fully saturated rings. The number of carbonyl (C=O) groups is 3. The highest BCUT2D eigenvalue weighted by Gasteiger charge is 2.33. The molecule has 2 aromatic heterocycles. The number of nitrogens with one attached hydrogen (secondary N) is 1. The number of hydrogen-bond acceptors (Lipinski definition) is 7. The second kappa shape index (κ2) is 8.59. The Morgan fingerprint density at radius 1 is 0.853 bits per heavy atom. The van der Waals surface area contributed by atoms with E-state index in [1.807, 2.05) is 36.4 Å². The average molecular weight is 447 g/mol. The molecule has 5 rings (SSSR count). The first-order chi connectivity index (χ1) is 16.5. The van der Waals surface area contributed by atoms with Crippen LogP contribution in [0.1, 0.15) is 42.5 Å². The van der Waals surface area contributed by atoms with Crippen molar-refractivity contribution in [3.8, 4) is 11.5 Å². The predicted molar refractivity (Wildman–Crippen MR) is 125 cm³/mol. The van der Waals surface area contributed by atoms with E-state index in [9.17, 15) is 14.4 Å². The third-order valence-electron chi connectivity index (χ3n) is 5.24. The highest BCUT2D eigenvalue weighted by atomic mass is 16.2. The molecule has 164 valence electrons. The molecule has 1 N–H and O–H groups in total. The van der Waals surface area contributed by atoms with Crippen LogP contribution in [0.25, 0.3) is 17.6 Å². The molecule has 1 aliphatic rings. The van der Waals surface area contributed by atoms with Gasteiger partial charge in [0.1, 0.15) is 11.5 Å². The number of carbonyl (C=O) groups excluding carboxylic acids is 3. The summed E-state index contributed by atoms with van der Waals surface area (Å²) in [4.78, 5) is 55.5. The van der Waals surface area contributed by atoms with E-state index in [2.05, 4.69) is 25.3 Å². The Morgan fingerprint density at radius 2 is 1.62 bits per heavy atom. The van der Waals surface area contributed by atoms with Crippen LogP contribution in [0.4, 0.5) is 5.95 Å². The van der Waals surface area contributed by atoms with E-state index >= 15 is 0 Å². The number of aryl methyl sites for hydroxylation is 1. The molecule has 4 aromatic rings. The average Bonchev–Trinajstić information content (AvgIpc) is 3.09. The number of aromatic nitrogens is 4. The van der Waals surface area contributed by atoms with Crippen molar-refractivity contribution in [2.45, 2.75) is 6.92 Å². The Kier molecular flexibility index (Phi) is 5.31. The van der Waals surface area contributed by atoms with Gasteiger partial charge in [-0.15, -0.1) is 0 Å². The summed E-state index contributed by atoms with van der Waals surface area (Å²) in [6.07, 6.45) is 3.19. The van der Waals surface area contributed by atoms with Crippen LogP contribution in [0.15, 0.2) is 78.5 Å².